The average molecular weight is 178 g/mol. The van der Waals surface area contributed by atoms with Crippen LogP contribution in [0.2, 0.25) is 0 Å². The van der Waals surface area contributed by atoms with Crippen LogP contribution in [-0.2, 0) is 5.41 Å². The third kappa shape index (κ3) is 1.78. The fourth-order valence-electron chi connectivity index (χ4n) is 0.881. The van der Waals surface area contributed by atoms with Crippen LogP contribution in [0, 0.1) is 0 Å². The molecule has 1 aromatic rings. The van der Waals surface area contributed by atoms with E-state index in [-0.39, 0.29) is 5.41 Å². The smallest absolute Gasteiger partial charge is 0.159 e. The molecule has 0 aliphatic rings. The lowest BCUT2D eigenvalue weighted by atomic mass is 9.90. The third-order valence-corrected chi connectivity index (χ3v) is 3.14. The fraction of sp³-hybridized carbons (Fsp3) is 0.444. The summed E-state index contributed by atoms with van der Waals surface area (Å²) in [5.41, 5.74) is 0.681. The highest BCUT2D eigenvalue weighted by atomic mass is 32.1. The number of thiophene rings is 1. The molecule has 0 bridgehead atoms. The van der Waals surface area contributed by atoms with Crippen molar-refractivity contribution < 1.29 is 4.79 Å². The Morgan fingerprint density at radius 3 is 2.33 bits per heavy atom. The van der Waals surface area contributed by atoms with E-state index in [9.17, 15) is 4.79 Å². The Hall–Kier alpha value is -0.565. The minimum atomic E-state index is 0.0834. The molecule has 1 nitrogen and oxygen atoms in total. The van der Waals surface area contributed by atoms with E-state index in [1.807, 2.05) is 6.07 Å². The lowest BCUT2D eigenvalue weighted by Crippen LogP contribution is -2.09. The Kier molecular flexibility index (Phi) is 2.42. The van der Waals surface area contributed by atoms with E-state index < -0.39 is 0 Å². The zero-order chi connectivity index (χ0) is 9.35. The van der Waals surface area contributed by atoms with Gasteiger partial charge in [0.25, 0.3) is 0 Å². The molecule has 0 spiro atoms. The Bertz CT molecular complexity index is 296. The highest BCUT2D eigenvalue weighted by Gasteiger charge is 2.17. The molecule has 0 saturated carbocycles. The third-order valence-electron chi connectivity index (χ3n) is 1.64. The second kappa shape index (κ2) is 3.06. The van der Waals surface area contributed by atoms with E-state index >= 15 is 0 Å². The molecular formula is C9H11BOS. The van der Waals surface area contributed by atoms with Crippen molar-refractivity contribution in [3.05, 3.63) is 15.8 Å². The molecule has 62 valence electrons. The molecule has 1 heterocycles. The van der Waals surface area contributed by atoms with Gasteiger partial charge in [-0.3, -0.25) is 4.79 Å². The summed E-state index contributed by atoms with van der Waals surface area (Å²) >= 11 is 1.47. The van der Waals surface area contributed by atoms with Gasteiger partial charge < -0.3 is 0 Å². The van der Waals surface area contributed by atoms with Crippen molar-refractivity contribution >= 4 is 30.9 Å². The second-order valence-electron chi connectivity index (χ2n) is 3.80. The molecule has 3 heteroatoms. The van der Waals surface area contributed by atoms with Crippen LogP contribution in [0.15, 0.2) is 6.07 Å². The first-order chi connectivity index (χ1) is 5.45. The predicted molar refractivity (Wildman–Crippen MR) is 53.8 cm³/mol. The second-order valence-corrected chi connectivity index (χ2v) is 4.88. The van der Waals surface area contributed by atoms with Crippen LogP contribution in [0.25, 0.3) is 0 Å². The molecule has 0 aliphatic heterocycles. The SMILES string of the molecule is [B]c1cc(C(C)(C)C)sc1C=O. The summed E-state index contributed by atoms with van der Waals surface area (Å²) in [6, 6.07) is 1.88. The van der Waals surface area contributed by atoms with Crippen LogP contribution in [0.3, 0.4) is 0 Å². The lowest BCUT2D eigenvalue weighted by molar-refractivity contribution is 0.112. The Balaban J connectivity index is 3.13. The van der Waals surface area contributed by atoms with Gasteiger partial charge in [-0.2, -0.15) is 0 Å². The molecule has 0 unspecified atom stereocenters. The lowest BCUT2D eigenvalue weighted by Gasteiger charge is -2.15. The van der Waals surface area contributed by atoms with Crippen molar-refractivity contribution in [2.75, 3.05) is 0 Å². The topological polar surface area (TPSA) is 17.1 Å². The molecule has 0 amide bonds. The molecule has 0 atom stereocenters. The standard InChI is InChI=1S/C9H11BOS/c1-9(2,3)8-4-6(10)7(5-11)12-8/h4-5H,1-3H3. The van der Waals surface area contributed by atoms with Gasteiger partial charge in [-0.15, -0.1) is 11.3 Å². The van der Waals surface area contributed by atoms with Gasteiger partial charge in [0.05, 0.1) is 4.88 Å². The Morgan fingerprint density at radius 1 is 1.50 bits per heavy atom. The monoisotopic (exact) mass is 178 g/mol. The predicted octanol–water partition coefficient (Wildman–Crippen LogP) is 1.65. The minimum Gasteiger partial charge on any atom is -0.297 e. The van der Waals surface area contributed by atoms with Crippen LogP contribution in [0.1, 0.15) is 35.3 Å². The summed E-state index contributed by atoms with van der Waals surface area (Å²) in [5.74, 6) is 0. The maximum absolute atomic E-state index is 10.5. The summed E-state index contributed by atoms with van der Waals surface area (Å²) in [4.78, 5) is 12.3. The minimum absolute atomic E-state index is 0.0834. The molecule has 0 saturated heterocycles. The van der Waals surface area contributed by atoms with Crippen molar-refractivity contribution in [3.63, 3.8) is 0 Å². The number of hydrogen-bond donors (Lipinski definition) is 0. The number of carbonyl (C=O) groups excluding carboxylic acids is 1. The Labute approximate surface area is 78.2 Å². The summed E-state index contributed by atoms with van der Waals surface area (Å²) < 4.78 is 0. The maximum Gasteiger partial charge on any atom is 0.159 e. The zero-order valence-corrected chi connectivity index (χ0v) is 8.37. The van der Waals surface area contributed by atoms with Gasteiger partial charge >= 0.3 is 0 Å². The maximum atomic E-state index is 10.5. The molecule has 0 aromatic carbocycles. The zero-order valence-electron chi connectivity index (χ0n) is 7.55. The molecule has 0 N–H and O–H groups in total. The fourth-order valence-corrected chi connectivity index (χ4v) is 1.83. The van der Waals surface area contributed by atoms with E-state index in [0.29, 0.717) is 10.3 Å². The number of carbonyl (C=O) groups is 1. The number of hydrogen-bond acceptors (Lipinski definition) is 2. The van der Waals surface area contributed by atoms with Crippen LogP contribution in [0.4, 0.5) is 0 Å². The van der Waals surface area contributed by atoms with E-state index in [0.717, 1.165) is 11.2 Å². The summed E-state index contributed by atoms with van der Waals surface area (Å²) in [6.45, 7) is 6.31. The summed E-state index contributed by atoms with van der Waals surface area (Å²) in [7, 11) is 5.63. The molecule has 1 rings (SSSR count). The van der Waals surface area contributed by atoms with Gasteiger partial charge in [0, 0.05) is 4.88 Å². The van der Waals surface area contributed by atoms with Gasteiger partial charge in [-0.25, -0.2) is 0 Å². The molecule has 1 aromatic heterocycles. The van der Waals surface area contributed by atoms with Crippen LogP contribution in [-0.4, -0.2) is 14.1 Å². The average Bonchev–Trinajstić information content (AvgIpc) is 2.29. The number of rotatable bonds is 1. The molecule has 0 fully saturated rings. The number of aldehydes is 1. The van der Waals surface area contributed by atoms with Crippen molar-refractivity contribution in [3.8, 4) is 0 Å². The van der Waals surface area contributed by atoms with Crippen LogP contribution in [0.5, 0.6) is 0 Å². The van der Waals surface area contributed by atoms with Gasteiger partial charge in [-0.05, 0) is 5.41 Å². The van der Waals surface area contributed by atoms with E-state index in [2.05, 4.69) is 20.8 Å². The van der Waals surface area contributed by atoms with Crippen LogP contribution >= 0.6 is 11.3 Å². The van der Waals surface area contributed by atoms with E-state index in [1.54, 1.807) is 0 Å². The normalized spacial score (nSPS) is 11.6. The van der Waals surface area contributed by atoms with Crippen molar-refractivity contribution in [1.29, 1.82) is 0 Å². The first kappa shape index (κ1) is 9.52. The van der Waals surface area contributed by atoms with E-state index in [1.165, 1.54) is 11.3 Å². The highest BCUT2D eigenvalue weighted by Crippen LogP contribution is 2.27. The van der Waals surface area contributed by atoms with Crippen molar-refractivity contribution in [1.82, 2.24) is 0 Å². The largest absolute Gasteiger partial charge is 0.297 e. The van der Waals surface area contributed by atoms with Gasteiger partial charge in [0.15, 0.2) is 6.29 Å². The van der Waals surface area contributed by atoms with Gasteiger partial charge in [-0.1, -0.05) is 32.3 Å². The molecule has 12 heavy (non-hydrogen) atoms. The van der Waals surface area contributed by atoms with Gasteiger partial charge in [0.1, 0.15) is 7.85 Å². The Morgan fingerprint density at radius 2 is 2.08 bits per heavy atom. The van der Waals surface area contributed by atoms with Crippen molar-refractivity contribution in [2.24, 2.45) is 0 Å². The van der Waals surface area contributed by atoms with E-state index in [4.69, 9.17) is 7.85 Å². The molecular weight excluding hydrogens is 167 g/mol. The molecule has 0 aliphatic carbocycles. The summed E-state index contributed by atoms with van der Waals surface area (Å²) in [6.07, 6.45) is 0.815. The molecule has 2 radical (unpaired) electrons. The van der Waals surface area contributed by atoms with Crippen molar-refractivity contribution in [2.45, 2.75) is 26.2 Å². The van der Waals surface area contributed by atoms with Gasteiger partial charge in [0.2, 0.25) is 0 Å². The van der Waals surface area contributed by atoms with Crippen LogP contribution < -0.4 is 5.46 Å². The first-order valence-electron chi connectivity index (χ1n) is 3.80. The first-order valence-corrected chi connectivity index (χ1v) is 4.62. The highest BCUT2D eigenvalue weighted by molar-refractivity contribution is 7.15. The quantitative estimate of drug-likeness (QED) is 0.472. The summed E-state index contributed by atoms with van der Waals surface area (Å²) in [5, 5.41) is 0.